The number of aromatic nitrogens is 3. The summed E-state index contributed by atoms with van der Waals surface area (Å²) in [6, 6.07) is 9.17. The molecule has 2 aromatic heterocycles. The van der Waals surface area contributed by atoms with Crippen LogP contribution in [0.2, 0.25) is 0 Å². The fourth-order valence-electron chi connectivity index (χ4n) is 3.82. The highest BCUT2D eigenvalue weighted by Crippen LogP contribution is 2.29. The third-order valence-electron chi connectivity index (χ3n) is 5.63. The Morgan fingerprint density at radius 3 is 2.44 bits per heavy atom. The van der Waals surface area contributed by atoms with Crippen LogP contribution >= 0.6 is 0 Å². The number of nitrogens with zero attached hydrogens (tertiary/aromatic N) is 4. The Kier molecular flexibility index (Phi) is 6.36. The molecule has 0 radical (unpaired) electrons. The van der Waals surface area contributed by atoms with E-state index in [4.69, 9.17) is 0 Å². The second-order valence-electron chi connectivity index (χ2n) is 8.00. The number of para-hydroxylation sites is 1. The van der Waals surface area contributed by atoms with E-state index < -0.39 is 28.9 Å². The van der Waals surface area contributed by atoms with Crippen LogP contribution in [-0.2, 0) is 6.18 Å². The standard InChI is InChI=1S/C23H21F4N5O2/c1-14-12-19(33)21(30-32(14)18-5-3-2-4-17(18)24)22(34)29-16-8-10-31(11-9-16)20-7-6-15(13-28-20)23(25,26)27/h2-7,12-13,16H,8-11H2,1H3,(H,29,34). The molecular formula is C23H21F4N5O2. The number of carbonyl (C=O) groups is 1. The average Bonchev–Trinajstić information content (AvgIpc) is 2.80. The number of rotatable bonds is 4. The maximum absolute atomic E-state index is 14.2. The van der Waals surface area contributed by atoms with Gasteiger partial charge in [0.25, 0.3) is 5.91 Å². The highest BCUT2D eigenvalue weighted by molar-refractivity contribution is 5.92. The Labute approximate surface area is 192 Å². The third-order valence-corrected chi connectivity index (χ3v) is 5.63. The van der Waals surface area contributed by atoms with Crippen LogP contribution in [0.25, 0.3) is 5.69 Å². The SMILES string of the molecule is Cc1cc(=O)c(C(=O)NC2CCN(c3ccc(C(F)(F)F)cn3)CC2)nn1-c1ccccc1F. The van der Waals surface area contributed by atoms with E-state index in [0.29, 0.717) is 37.4 Å². The van der Waals surface area contributed by atoms with Gasteiger partial charge in [-0.1, -0.05) is 12.1 Å². The topological polar surface area (TPSA) is 80.1 Å². The fourth-order valence-corrected chi connectivity index (χ4v) is 3.82. The number of carbonyl (C=O) groups excluding carboxylic acids is 1. The van der Waals surface area contributed by atoms with Crippen molar-refractivity contribution < 1.29 is 22.4 Å². The van der Waals surface area contributed by atoms with Crippen LogP contribution in [-0.4, -0.2) is 39.8 Å². The second-order valence-corrected chi connectivity index (χ2v) is 8.00. The van der Waals surface area contributed by atoms with Crippen LogP contribution in [0.1, 0.15) is 34.6 Å². The molecule has 178 valence electrons. The summed E-state index contributed by atoms with van der Waals surface area (Å²) in [5.74, 6) is -0.788. The first-order valence-corrected chi connectivity index (χ1v) is 10.6. The zero-order valence-corrected chi connectivity index (χ0v) is 18.1. The average molecular weight is 475 g/mol. The van der Waals surface area contributed by atoms with Crippen molar-refractivity contribution in [3.05, 3.63) is 81.7 Å². The number of amides is 1. The monoisotopic (exact) mass is 475 g/mol. The van der Waals surface area contributed by atoms with Crippen LogP contribution < -0.4 is 15.6 Å². The molecule has 1 amide bonds. The fraction of sp³-hybridized carbons (Fsp3) is 0.304. The zero-order chi connectivity index (χ0) is 24.5. The number of hydrogen-bond donors (Lipinski definition) is 1. The van der Waals surface area contributed by atoms with Gasteiger partial charge >= 0.3 is 6.18 Å². The van der Waals surface area contributed by atoms with Crippen molar-refractivity contribution in [3.8, 4) is 5.69 Å². The Morgan fingerprint density at radius 1 is 1.12 bits per heavy atom. The number of hydrogen-bond acceptors (Lipinski definition) is 5. The van der Waals surface area contributed by atoms with Crippen molar-refractivity contribution in [1.82, 2.24) is 20.1 Å². The first kappa shape index (κ1) is 23.4. The number of alkyl halides is 3. The Morgan fingerprint density at radius 2 is 1.82 bits per heavy atom. The minimum absolute atomic E-state index is 0.117. The predicted molar refractivity (Wildman–Crippen MR) is 116 cm³/mol. The van der Waals surface area contributed by atoms with Gasteiger partial charge in [-0.05, 0) is 44.0 Å². The van der Waals surface area contributed by atoms with Gasteiger partial charge in [0.1, 0.15) is 17.3 Å². The van der Waals surface area contributed by atoms with E-state index in [-0.39, 0.29) is 17.4 Å². The van der Waals surface area contributed by atoms with Gasteiger partial charge < -0.3 is 10.2 Å². The molecule has 0 bridgehead atoms. The number of halogens is 4. The molecule has 7 nitrogen and oxygen atoms in total. The van der Waals surface area contributed by atoms with Crippen molar-refractivity contribution in [1.29, 1.82) is 0 Å². The van der Waals surface area contributed by atoms with E-state index >= 15 is 0 Å². The summed E-state index contributed by atoms with van der Waals surface area (Å²) in [5.41, 5.74) is -1.24. The molecule has 11 heteroatoms. The quantitative estimate of drug-likeness (QED) is 0.585. The minimum atomic E-state index is -4.45. The number of benzene rings is 1. The van der Waals surface area contributed by atoms with E-state index in [1.807, 2.05) is 4.90 Å². The molecular weight excluding hydrogens is 454 g/mol. The predicted octanol–water partition coefficient (Wildman–Crippen LogP) is 3.49. The zero-order valence-electron chi connectivity index (χ0n) is 18.1. The van der Waals surface area contributed by atoms with Gasteiger partial charge in [-0.15, -0.1) is 0 Å². The van der Waals surface area contributed by atoms with Crippen LogP contribution in [0.4, 0.5) is 23.4 Å². The molecule has 1 aromatic carbocycles. The number of piperidine rings is 1. The van der Waals surface area contributed by atoms with Gasteiger partial charge in [0.15, 0.2) is 5.69 Å². The molecule has 0 saturated carbocycles. The number of nitrogens with one attached hydrogen (secondary N) is 1. The lowest BCUT2D eigenvalue weighted by Gasteiger charge is -2.33. The van der Waals surface area contributed by atoms with Crippen molar-refractivity contribution in [2.24, 2.45) is 0 Å². The molecule has 1 aliphatic heterocycles. The van der Waals surface area contributed by atoms with Crippen molar-refractivity contribution in [2.45, 2.75) is 32.0 Å². The highest BCUT2D eigenvalue weighted by atomic mass is 19.4. The first-order chi connectivity index (χ1) is 16.1. The summed E-state index contributed by atoms with van der Waals surface area (Å²) in [4.78, 5) is 30.9. The van der Waals surface area contributed by atoms with Gasteiger partial charge in [-0.25, -0.2) is 14.1 Å². The Hall–Kier alpha value is -3.76. The summed E-state index contributed by atoms with van der Waals surface area (Å²) >= 11 is 0. The van der Waals surface area contributed by atoms with Gasteiger partial charge in [0.2, 0.25) is 5.43 Å². The molecule has 0 aliphatic carbocycles. The van der Waals surface area contributed by atoms with Gasteiger partial charge in [-0.3, -0.25) is 9.59 Å². The van der Waals surface area contributed by atoms with Crippen molar-refractivity contribution in [3.63, 3.8) is 0 Å². The lowest BCUT2D eigenvalue weighted by atomic mass is 10.0. The molecule has 0 unspecified atom stereocenters. The van der Waals surface area contributed by atoms with E-state index in [1.165, 1.54) is 35.0 Å². The molecule has 1 N–H and O–H groups in total. The maximum Gasteiger partial charge on any atom is 0.417 e. The summed E-state index contributed by atoms with van der Waals surface area (Å²) in [7, 11) is 0. The molecule has 34 heavy (non-hydrogen) atoms. The van der Waals surface area contributed by atoms with E-state index in [1.54, 1.807) is 13.0 Å². The largest absolute Gasteiger partial charge is 0.417 e. The Balaban J connectivity index is 1.43. The summed E-state index contributed by atoms with van der Waals surface area (Å²) in [6.45, 7) is 2.52. The van der Waals surface area contributed by atoms with Gasteiger partial charge in [0, 0.05) is 37.1 Å². The van der Waals surface area contributed by atoms with Crippen LogP contribution in [0.5, 0.6) is 0 Å². The van der Waals surface area contributed by atoms with E-state index in [0.717, 1.165) is 12.3 Å². The molecule has 1 fully saturated rings. The number of anilines is 1. The highest BCUT2D eigenvalue weighted by Gasteiger charge is 2.31. The van der Waals surface area contributed by atoms with Gasteiger partial charge in [0.05, 0.1) is 5.56 Å². The summed E-state index contributed by atoms with van der Waals surface area (Å²) in [6.07, 6.45) is -2.64. The molecule has 0 atom stereocenters. The number of pyridine rings is 1. The minimum Gasteiger partial charge on any atom is -0.356 e. The lowest BCUT2D eigenvalue weighted by molar-refractivity contribution is -0.137. The van der Waals surface area contributed by atoms with Gasteiger partial charge in [-0.2, -0.15) is 18.3 Å². The van der Waals surface area contributed by atoms with Crippen LogP contribution in [0.15, 0.2) is 53.5 Å². The molecule has 3 aromatic rings. The molecule has 0 spiro atoms. The van der Waals surface area contributed by atoms with E-state index in [2.05, 4.69) is 15.4 Å². The lowest BCUT2D eigenvalue weighted by Crippen LogP contribution is -2.46. The summed E-state index contributed by atoms with van der Waals surface area (Å²) in [5, 5.41) is 6.88. The third kappa shape index (κ3) is 4.92. The molecule has 3 heterocycles. The molecule has 4 rings (SSSR count). The van der Waals surface area contributed by atoms with Crippen LogP contribution in [0, 0.1) is 12.7 Å². The van der Waals surface area contributed by atoms with Crippen molar-refractivity contribution in [2.75, 3.05) is 18.0 Å². The van der Waals surface area contributed by atoms with Crippen molar-refractivity contribution >= 4 is 11.7 Å². The number of aryl methyl sites for hydroxylation is 1. The smallest absolute Gasteiger partial charge is 0.356 e. The molecule has 1 aliphatic rings. The maximum atomic E-state index is 14.2. The molecule has 1 saturated heterocycles. The first-order valence-electron chi connectivity index (χ1n) is 10.6. The Bertz CT molecular complexity index is 1250. The normalized spacial score (nSPS) is 14.8. The summed E-state index contributed by atoms with van der Waals surface area (Å²) < 4.78 is 53.6. The second kappa shape index (κ2) is 9.24. The van der Waals surface area contributed by atoms with Crippen LogP contribution in [0.3, 0.4) is 0 Å². The van der Waals surface area contributed by atoms with E-state index in [9.17, 15) is 27.2 Å².